The van der Waals surface area contributed by atoms with Crippen LogP contribution in [0.2, 0.25) is 0 Å². The molecule has 0 unspecified atom stereocenters. The quantitative estimate of drug-likeness (QED) is 0.414. The third kappa shape index (κ3) is 1.12. The van der Waals surface area contributed by atoms with E-state index in [1.807, 2.05) is 0 Å². The smallest absolute Gasteiger partial charge is 0.224 e. The van der Waals surface area contributed by atoms with E-state index in [9.17, 15) is 10.4 Å². The summed E-state index contributed by atoms with van der Waals surface area (Å²) in [5.41, 5.74) is 0. The Hall–Kier alpha value is -1.22. The van der Waals surface area contributed by atoms with Crippen molar-refractivity contribution in [2.75, 3.05) is 0 Å². The van der Waals surface area contributed by atoms with Gasteiger partial charge in [-0.3, -0.25) is 5.11 Å². The van der Waals surface area contributed by atoms with Crippen molar-refractivity contribution in [2.45, 2.75) is 0 Å². The van der Waals surface area contributed by atoms with Gasteiger partial charge in [-0.25, -0.2) is 0 Å². The Morgan fingerprint density at radius 3 is 2.33 bits per heavy atom. The zero-order valence-corrected chi connectivity index (χ0v) is 4.53. The maximum absolute atomic E-state index is 10.5. The highest BCUT2D eigenvalue weighted by molar-refractivity contribution is 5.36. The monoisotopic (exact) mass is 124 g/mol. The minimum Gasteiger partial charge on any atom is -0.301 e. The first-order chi connectivity index (χ1) is 4.34. The summed E-state index contributed by atoms with van der Waals surface area (Å²) >= 11 is 0. The second-order valence-corrected chi connectivity index (χ2v) is 1.53. The summed E-state index contributed by atoms with van der Waals surface area (Å²) in [5.74, 6) is -0.537. The van der Waals surface area contributed by atoms with Gasteiger partial charge in [-0.2, -0.15) is 0 Å². The first-order valence-electron chi connectivity index (χ1n) is 2.40. The van der Waals surface area contributed by atoms with Gasteiger partial charge in [0, 0.05) is 5.26 Å². The summed E-state index contributed by atoms with van der Waals surface area (Å²) in [6, 6.07) is 5.71. The normalized spacial score (nSPS) is 9.00. The van der Waals surface area contributed by atoms with Gasteiger partial charge in [-0.05, 0) is 12.1 Å². The molecule has 1 aromatic carbocycles. The second kappa shape index (κ2) is 2.37. The predicted molar refractivity (Wildman–Crippen MR) is 27.9 cm³/mol. The number of benzene rings is 1. The van der Waals surface area contributed by atoms with E-state index < -0.39 is 0 Å². The molecule has 9 heavy (non-hydrogen) atoms. The molecule has 0 spiro atoms. The van der Waals surface area contributed by atoms with Crippen molar-refractivity contribution in [1.82, 2.24) is 0 Å². The molecule has 0 aliphatic carbocycles. The summed E-state index contributed by atoms with van der Waals surface area (Å²) in [4.78, 5) is 3.48. The van der Waals surface area contributed by atoms with Gasteiger partial charge in [0.2, 0.25) is 11.5 Å². The maximum Gasteiger partial charge on any atom is 0.224 e. The van der Waals surface area contributed by atoms with Crippen molar-refractivity contribution in [3.63, 3.8) is 0 Å². The fourth-order valence-electron chi connectivity index (χ4n) is 0.519. The average molecular weight is 124 g/mol. The zero-order chi connectivity index (χ0) is 6.69. The van der Waals surface area contributed by atoms with Crippen LogP contribution in [0.5, 0.6) is 11.5 Å². The first kappa shape index (κ1) is 5.91. The van der Waals surface area contributed by atoms with E-state index in [2.05, 4.69) is 4.89 Å². The Morgan fingerprint density at radius 1 is 1.22 bits per heavy atom. The minimum atomic E-state index is -0.382. The highest BCUT2D eigenvalue weighted by Crippen LogP contribution is 2.23. The summed E-state index contributed by atoms with van der Waals surface area (Å²) in [6.07, 6.45) is 0. The molecule has 0 N–H and O–H groups in total. The summed E-state index contributed by atoms with van der Waals surface area (Å²) in [6.45, 7) is 0. The lowest BCUT2D eigenvalue weighted by atomic mass is 10.3. The van der Waals surface area contributed by atoms with Gasteiger partial charge in [-0.15, -0.1) is 0 Å². The molecule has 0 amide bonds. The Labute approximate surface area is 52.1 Å². The van der Waals surface area contributed by atoms with Crippen molar-refractivity contribution in [1.29, 1.82) is 0 Å². The van der Waals surface area contributed by atoms with Crippen molar-refractivity contribution < 1.29 is 15.3 Å². The number of para-hydroxylation sites is 2. The van der Waals surface area contributed by atoms with Crippen LogP contribution >= 0.6 is 0 Å². The van der Waals surface area contributed by atoms with Gasteiger partial charge < -0.3 is 4.89 Å². The molecule has 3 nitrogen and oxygen atoms in total. The van der Waals surface area contributed by atoms with Crippen LogP contribution in [0.4, 0.5) is 0 Å². The van der Waals surface area contributed by atoms with Crippen LogP contribution in [-0.4, -0.2) is 0 Å². The number of hydrogen-bond donors (Lipinski definition) is 0. The van der Waals surface area contributed by atoms with E-state index in [0.717, 1.165) is 0 Å². The number of hydrogen-bond acceptors (Lipinski definition) is 1. The van der Waals surface area contributed by atoms with E-state index in [0.29, 0.717) is 0 Å². The Balaban J connectivity index is 3.01. The lowest BCUT2D eigenvalue weighted by Crippen LogP contribution is -1.79. The molecule has 0 aliphatic heterocycles. The molecule has 0 atom stereocenters. The van der Waals surface area contributed by atoms with E-state index in [1.54, 1.807) is 12.1 Å². The molecule has 0 saturated carbocycles. The van der Waals surface area contributed by atoms with Gasteiger partial charge in [0.1, 0.15) is 0 Å². The van der Waals surface area contributed by atoms with Gasteiger partial charge in [0.05, 0.1) is 0 Å². The van der Waals surface area contributed by atoms with Crippen molar-refractivity contribution in [2.24, 2.45) is 0 Å². The second-order valence-electron chi connectivity index (χ2n) is 1.53. The molecular formula is C6H4O3. The van der Waals surface area contributed by atoms with Crippen LogP contribution in [-0.2, 0) is 10.4 Å². The lowest BCUT2D eigenvalue weighted by molar-refractivity contribution is -0.210. The van der Waals surface area contributed by atoms with Crippen molar-refractivity contribution in [3.05, 3.63) is 24.3 Å². The molecule has 0 heterocycles. The van der Waals surface area contributed by atoms with E-state index >= 15 is 0 Å². The molecule has 3 heteroatoms. The maximum atomic E-state index is 10.5. The third-order valence-corrected chi connectivity index (χ3v) is 0.939. The van der Waals surface area contributed by atoms with Gasteiger partial charge >= 0.3 is 0 Å². The minimum absolute atomic E-state index is 0.155. The standard InChI is InChI=1S/C6H4O3/c7-5-3-1-2-4-6(5)9-8/h1-4H. The van der Waals surface area contributed by atoms with Crippen molar-refractivity contribution >= 4 is 0 Å². The van der Waals surface area contributed by atoms with Gasteiger partial charge in [-0.1, -0.05) is 12.1 Å². The fourth-order valence-corrected chi connectivity index (χ4v) is 0.519. The molecule has 0 aliphatic rings. The van der Waals surface area contributed by atoms with Crippen LogP contribution in [0.15, 0.2) is 24.3 Å². The highest BCUT2D eigenvalue weighted by Gasteiger charge is 2.00. The Bertz CT molecular complexity index is 197. The molecule has 1 aromatic rings. The van der Waals surface area contributed by atoms with Gasteiger partial charge in [0.15, 0.2) is 0 Å². The van der Waals surface area contributed by atoms with Crippen LogP contribution in [0.3, 0.4) is 0 Å². The molecular weight excluding hydrogens is 120 g/mol. The summed E-state index contributed by atoms with van der Waals surface area (Å²) < 4.78 is 0. The predicted octanol–water partition coefficient (Wildman–Crippen LogP) is 1.55. The largest absolute Gasteiger partial charge is 0.301 e. The molecule has 1 rings (SSSR count). The van der Waals surface area contributed by atoms with Crippen LogP contribution < -0.4 is 4.89 Å². The van der Waals surface area contributed by atoms with Crippen LogP contribution in [0.1, 0.15) is 0 Å². The van der Waals surface area contributed by atoms with Crippen LogP contribution in [0.25, 0.3) is 0 Å². The molecule has 0 bridgehead atoms. The van der Waals surface area contributed by atoms with Crippen LogP contribution in [0, 0.1) is 0 Å². The fraction of sp³-hybridized carbons (Fsp3) is 0. The molecule has 0 aromatic heterocycles. The summed E-state index contributed by atoms with van der Waals surface area (Å²) in [7, 11) is 0. The van der Waals surface area contributed by atoms with Gasteiger partial charge in [0.25, 0.3) is 0 Å². The van der Waals surface area contributed by atoms with E-state index in [4.69, 9.17) is 0 Å². The lowest BCUT2D eigenvalue weighted by Gasteiger charge is -1.91. The first-order valence-corrected chi connectivity index (χ1v) is 2.40. The van der Waals surface area contributed by atoms with E-state index in [-0.39, 0.29) is 11.5 Å². The van der Waals surface area contributed by atoms with Crippen molar-refractivity contribution in [3.8, 4) is 11.5 Å². The average Bonchev–Trinajstić information content (AvgIpc) is 1.89. The highest BCUT2D eigenvalue weighted by atomic mass is 17.1. The summed E-state index contributed by atoms with van der Waals surface area (Å²) in [5, 5.41) is 20.2. The molecule has 0 fully saturated rings. The third-order valence-electron chi connectivity index (χ3n) is 0.939. The van der Waals surface area contributed by atoms with E-state index in [1.165, 1.54) is 12.1 Å². The zero-order valence-electron chi connectivity index (χ0n) is 4.53. The SMILES string of the molecule is [O]Oc1ccccc1[O]. The topological polar surface area (TPSA) is 49.0 Å². The Morgan fingerprint density at radius 2 is 1.89 bits per heavy atom. The Kier molecular flexibility index (Phi) is 1.55. The molecule has 2 radical (unpaired) electrons. The molecule has 0 saturated heterocycles. The number of rotatable bonds is 1. The molecule has 46 valence electrons.